The molecule has 0 aromatic heterocycles. The highest BCUT2D eigenvalue weighted by Gasteiger charge is 2.17. The molecule has 0 unspecified atom stereocenters. The Kier molecular flexibility index (Phi) is 4.03. The lowest BCUT2D eigenvalue weighted by Crippen LogP contribution is -2.27. The molecule has 0 aliphatic heterocycles. The van der Waals surface area contributed by atoms with Crippen LogP contribution in [0.25, 0.3) is 0 Å². The predicted octanol–water partition coefficient (Wildman–Crippen LogP) is 3.45. The molecule has 0 aliphatic carbocycles. The van der Waals surface area contributed by atoms with Crippen molar-refractivity contribution in [1.29, 1.82) is 0 Å². The molecule has 4 heteroatoms. The van der Waals surface area contributed by atoms with Crippen molar-refractivity contribution < 1.29 is 9.18 Å². The van der Waals surface area contributed by atoms with E-state index in [1.807, 2.05) is 19.1 Å². The molecule has 0 spiro atoms. The molecule has 2 aromatic carbocycles. The van der Waals surface area contributed by atoms with Gasteiger partial charge in [-0.1, -0.05) is 12.1 Å². The van der Waals surface area contributed by atoms with Gasteiger partial charge in [0.05, 0.1) is 5.56 Å². The Bertz CT molecular complexity index is 640. The third-order valence-electron chi connectivity index (χ3n) is 3.17. The number of nitrogens with one attached hydrogen (secondary N) is 1. The number of nitrogens with zero attached hydrogens (tertiary/aromatic N) is 1. The number of rotatable bonds is 3. The normalized spacial score (nSPS) is 10.2. The van der Waals surface area contributed by atoms with Crippen LogP contribution in [0.15, 0.2) is 42.5 Å². The van der Waals surface area contributed by atoms with Gasteiger partial charge in [0.1, 0.15) is 5.82 Å². The van der Waals surface area contributed by atoms with Gasteiger partial charge >= 0.3 is 0 Å². The first-order valence-electron chi connectivity index (χ1n) is 6.35. The maximum absolute atomic E-state index is 13.2. The molecular weight excluding hydrogens is 255 g/mol. The van der Waals surface area contributed by atoms with Crippen LogP contribution in [0.4, 0.5) is 15.8 Å². The number of aryl methyl sites for hydroxylation is 1. The summed E-state index contributed by atoms with van der Waals surface area (Å²) in [5.41, 5.74) is 2.92. The molecule has 2 rings (SSSR count). The van der Waals surface area contributed by atoms with Crippen LogP contribution in [0.1, 0.15) is 15.9 Å². The molecule has 1 N–H and O–H groups in total. The van der Waals surface area contributed by atoms with Crippen molar-refractivity contribution in [2.45, 2.75) is 6.92 Å². The second kappa shape index (κ2) is 5.74. The number of amides is 1. The lowest BCUT2D eigenvalue weighted by atomic mass is 10.1. The van der Waals surface area contributed by atoms with Gasteiger partial charge < -0.3 is 10.2 Å². The Morgan fingerprint density at radius 2 is 1.95 bits per heavy atom. The summed E-state index contributed by atoms with van der Waals surface area (Å²) in [4.78, 5) is 13.9. The summed E-state index contributed by atoms with van der Waals surface area (Å²) >= 11 is 0. The van der Waals surface area contributed by atoms with Gasteiger partial charge in [-0.3, -0.25) is 4.79 Å². The van der Waals surface area contributed by atoms with Crippen LogP contribution in [0.2, 0.25) is 0 Å². The average molecular weight is 272 g/mol. The summed E-state index contributed by atoms with van der Waals surface area (Å²) in [5.74, 6) is -0.542. The number of carbonyl (C=O) groups excluding carboxylic acids is 1. The van der Waals surface area contributed by atoms with E-state index in [1.165, 1.54) is 17.0 Å². The largest absolute Gasteiger partial charge is 0.387 e. The van der Waals surface area contributed by atoms with Crippen LogP contribution in [-0.2, 0) is 0 Å². The van der Waals surface area contributed by atoms with Crippen molar-refractivity contribution >= 4 is 17.3 Å². The maximum Gasteiger partial charge on any atom is 0.260 e. The molecule has 2 aromatic rings. The Labute approximate surface area is 118 Å². The van der Waals surface area contributed by atoms with Crippen LogP contribution >= 0.6 is 0 Å². The molecule has 0 atom stereocenters. The van der Waals surface area contributed by atoms with Gasteiger partial charge in [-0.15, -0.1) is 0 Å². The van der Waals surface area contributed by atoms with Gasteiger partial charge in [0.2, 0.25) is 0 Å². The summed E-state index contributed by atoms with van der Waals surface area (Å²) in [7, 11) is 3.41. The molecule has 0 saturated carbocycles. The van der Waals surface area contributed by atoms with E-state index in [2.05, 4.69) is 5.32 Å². The SMILES string of the molecule is CNc1cc(C)ccc1C(=O)N(C)c1cccc(F)c1. The zero-order valence-corrected chi connectivity index (χ0v) is 11.8. The standard InChI is InChI=1S/C16H17FN2O/c1-11-7-8-14(15(9-11)18-2)16(20)19(3)13-6-4-5-12(17)10-13/h4-10,18H,1-3H3. The summed E-state index contributed by atoms with van der Waals surface area (Å²) in [6.45, 7) is 1.96. The highest BCUT2D eigenvalue weighted by molar-refractivity contribution is 6.09. The minimum absolute atomic E-state index is 0.181. The molecule has 104 valence electrons. The molecule has 0 heterocycles. The van der Waals surface area contributed by atoms with Gasteiger partial charge in [-0.2, -0.15) is 0 Å². The van der Waals surface area contributed by atoms with Crippen molar-refractivity contribution in [2.75, 3.05) is 24.3 Å². The van der Waals surface area contributed by atoms with Gasteiger partial charge in [0.15, 0.2) is 0 Å². The van der Waals surface area contributed by atoms with E-state index in [0.29, 0.717) is 11.3 Å². The van der Waals surface area contributed by atoms with E-state index in [4.69, 9.17) is 0 Å². The van der Waals surface area contributed by atoms with Gasteiger partial charge in [0.25, 0.3) is 5.91 Å². The van der Waals surface area contributed by atoms with Crippen LogP contribution in [0.3, 0.4) is 0 Å². The molecular formula is C16H17FN2O. The predicted molar refractivity (Wildman–Crippen MR) is 79.9 cm³/mol. The molecule has 0 saturated heterocycles. The monoisotopic (exact) mass is 272 g/mol. The van der Waals surface area contributed by atoms with Crippen molar-refractivity contribution in [1.82, 2.24) is 0 Å². The first kappa shape index (κ1) is 14.1. The van der Waals surface area contributed by atoms with Crippen molar-refractivity contribution in [2.24, 2.45) is 0 Å². The van der Waals surface area contributed by atoms with E-state index in [1.54, 1.807) is 32.3 Å². The van der Waals surface area contributed by atoms with E-state index in [-0.39, 0.29) is 11.7 Å². The Morgan fingerprint density at radius 1 is 1.20 bits per heavy atom. The van der Waals surface area contributed by atoms with Crippen LogP contribution in [0, 0.1) is 12.7 Å². The van der Waals surface area contributed by atoms with Crippen LogP contribution in [-0.4, -0.2) is 20.0 Å². The first-order chi connectivity index (χ1) is 9.52. The number of benzene rings is 2. The Hall–Kier alpha value is -2.36. The minimum atomic E-state index is -0.361. The van der Waals surface area contributed by atoms with Crippen molar-refractivity contribution in [3.05, 3.63) is 59.4 Å². The van der Waals surface area contributed by atoms with E-state index < -0.39 is 0 Å². The first-order valence-corrected chi connectivity index (χ1v) is 6.35. The number of anilines is 2. The fourth-order valence-electron chi connectivity index (χ4n) is 2.03. The Balaban J connectivity index is 2.36. The molecule has 20 heavy (non-hydrogen) atoms. The molecule has 1 amide bonds. The molecule has 0 fully saturated rings. The minimum Gasteiger partial charge on any atom is -0.387 e. The third kappa shape index (κ3) is 2.79. The van der Waals surface area contributed by atoms with E-state index in [9.17, 15) is 9.18 Å². The lowest BCUT2D eigenvalue weighted by Gasteiger charge is -2.19. The topological polar surface area (TPSA) is 32.3 Å². The van der Waals surface area contributed by atoms with E-state index in [0.717, 1.165) is 11.3 Å². The van der Waals surface area contributed by atoms with Crippen LogP contribution < -0.4 is 10.2 Å². The van der Waals surface area contributed by atoms with E-state index >= 15 is 0 Å². The molecule has 0 aliphatic rings. The number of hydrogen-bond acceptors (Lipinski definition) is 2. The second-order valence-electron chi connectivity index (χ2n) is 4.64. The number of hydrogen-bond donors (Lipinski definition) is 1. The third-order valence-corrected chi connectivity index (χ3v) is 3.17. The fourth-order valence-corrected chi connectivity index (χ4v) is 2.03. The van der Waals surface area contributed by atoms with Crippen LogP contribution in [0.5, 0.6) is 0 Å². The highest BCUT2D eigenvalue weighted by atomic mass is 19.1. The van der Waals surface area contributed by atoms with Crippen molar-refractivity contribution in [3.8, 4) is 0 Å². The number of halogens is 1. The molecule has 3 nitrogen and oxygen atoms in total. The summed E-state index contributed by atoms with van der Waals surface area (Å²) < 4.78 is 13.2. The highest BCUT2D eigenvalue weighted by Crippen LogP contribution is 2.22. The number of carbonyl (C=O) groups is 1. The summed E-state index contributed by atoms with van der Waals surface area (Å²) in [5, 5.41) is 3.01. The molecule has 0 bridgehead atoms. The average Bonchev–Trinajstić information content (AvgIpc) is 2.45. The smallest absolute Gasteiger partial charge is 0.260 e. The second-order valence-corrected chi connectivity index (χ2v) is 4.64. The fraction of sp³-hybridized carbons (Fsp3) is 0.188. The zero-order valence-electron chi connectivity index (χ0n) is 11.8. The Morgan fingerprint density at radius 3 is 2.60 bits per heavy atom. The van der Waals surface area contributed by atoms with Gasteiger partial charge in [0, 0.05) is 25.5 Å². The quantitative estimate of drug-likeness (QED) is 0.928. The maximum atomic E-state index is 13.2. The summed E-state index contributed by atoms with van der Waals surface area (Å²) in [6.07, 6.45) is 0. The summed E-state index contributed by atoms with van der Waals surface area (Å²) in [6, 6.07) is 11.5. The lowest BCUT2D eigenvalue weighted by molar-refractivity contribution is 0.0994. The zero-order chi connectivity index (χ0) is 14.7. The van der Waals surface area contributed by atoms with Gasteiger partial charge in [-0.05, 0) is 42.8 Å². The van der Waals surface area contributed by atoms with Crippen molar-refractivity contribution in [3.63, 3.8) is 0 Å². The van der Waals surface area contributed by atoms with Gasteiger partial charge in [-0.25, -0.2) is 4.39 Å². The molecule has 0 radical (unpaired) electrons.